The van der Waals surface area contributed by atoms with E-state index in [0.717, 1.165) is 28.1 Å². The number of fused-ring (bicyclic) bond motifs is 1. The topological polar surface area (TPSA) is 106 Å². The van der Waals surface area contributed by atoms with Crippen LogP contribution in [-0.2, 0) is 17.1 Å². The first-order valence-corrected chi connectivity index (χ1v) is 11.1. The molecule has 0 aliphatic carbocycles. The molecule has 0 saturated heterocycles. The van der Waals surface area contributed by atoms with Crippen LogP contribution in [0.3, 0.4) is 0 Å². The number of rotatable bonds is 5. The van der Waals surface area contributed by atoms with E-state index < -0.39 is 21.7 Å². The average molecular weight is 453 g/mol. The fourth-order valence-electron chi connectivity index (χ4n) is 3.38. The van der Waals surface area contributed by atoms with Crippen LogP contribution < -0.4 is 10.0 Å². The van der Waals surface area contributed by atoms with E-state index in [1.807, 2.05) is 26.0 Å². The van der Waals surface area contributed by atoms with Gasteiger partial charge in [-0.3, -0.25) is 14.5 Å². The van der Waals surface area contributed by atoms with Crippen molar-refractivity contribution in [2.45, 2.75) is 18.7 Å². The fraction of sp³-hybridized carbons (Fsp3) is 0.136. The van der Waals surface area contributed by atoms with Gasteiger partial charge < -0.3 is 9.88 Å². The van der Waals surface area contributed by atoms with E-state index in [2.05, 4.69) is 20.0 Å². The minimum absolute atomic E-state index is 0.00610. The third-order valence-electron chi connectivity index (χ3n) is 5.30. The summed E-state index contributed by atoms with van der Waals surface area (Å²) < 4.78 is 43.6. The maximum Gasteiger partial charge on any atom is 0.272 e. The first kappa shape index (κ1) is 21.4. The maximum absolute atomic E-state index is 14.7. The van der Waals surface area contributed by atoms with Gasteiger partial charge in [0.2, 0.25) is 0 Å². The summed E-state index contributed by atoms with van der Waals surface area (Å²) in [6, 6.07) is 8.91. The van der Waals surface area contributed by atoms with Crippen molar-refractivity contribution in [1.29, 1.82) is 0 Å². The van der Waals surface area contributed by atoms with Crippen molar-refractivity contribution in [1.82, 2.24) is 14.5 Å². The van der Waals surface area contributed by atoms with E-state index >= 15 is 0 Å². The molecular formula is C22H20FN5O3S. The standard InChI is InChI=1S/C22H20FN5O3S/c1-13-4-7-19-16(14(13)2)11-20(28(19)3)22(29)26-18-6-5-15(10-17(18)23)32(30,31)27-21-12-24-8-9-25-21/h4-12H,1-3H3,(H,25,27)(H,26,29). The van der Waals surface area contributed by atoms with Gasteiger partial charge in [0.25, 0.3) is 15.9 Å². The Bertz CT molecular complexity index is 1450. The lowest BCUT2D eigenvalue weighted by Gasteiger charge is -2.10. The highest BCUT2D eigenvalue weighted by Crippen LogP contribution is 2.26. The third-order valence-corrected chi connectivity index (χ3v) is 6.65. The number of hydrogen-bond acceptors (Lipinski definition) is 5. The summed E-state index contributed by atoms with van der Waals surface area (Å²) in [7, 11) is -2.32. The molecule has 0 spiro atoms. The van der Waals surface area contributed by atoms with Gasteiger partial charge in [-0.05, 0) is 55.3 Å². The number of halogens is 1. The second-order valence-electron chi connectivity index (χ2n) is 7.32. The minimum atomic E-state index is -4.08. The van der Waals surface area contributed by atoms with Crippen molar-refractivity contribution in [3.63, 3.8) is 0 Å². The van der Waals surface area contributed by atoms with Gasteiger partial charge in [-0.15, -0.1) is 0 Å². The maximum atomic E-state index is 14.7. The van der Waals surface area contributed by atoms with Crippen molar-refractivity contribution in [3.8, 4) is 0 Å². The molecule has 0 bridgehead atoms. The normalized spacial score (nSPS) is 11.5. The number of nitrogens with zero attached hydrogens (tertiary/aromatic N) is 3. The van der Waals surface area contributed by atoms with Crippen molar-refractivity contribution in [2.24, 2.45) is 7.05 Å². The Kier molecular flexibility index (Phi) is 5.39. The molecular weight excluding hydrogens is 433 g/mol. The molecule has 4 rings (SSSR count). The van der Waals surface area contributed by atoms with Crippen LogP contribution in [0.15, 0.2) is 59.9 Å². The molecule has 0 unspecified atom stereocenters. The number of sulfonamides is 1. The monoisotopic (exact) mass is 453 g/mol. The number of amides is 1. The number of benzene rings is 2. The van der Waals surface area contributed by atoms with E-state index in [9.17, 15) is 17.6 Å². The summed E-state index contributed by atoms with van der Waals surface area (Å²) in [4.78, 5) is 20.1. The van der Waals surface area contributed by atoms with Gasteiger partial charge in [0.05, 0.1) is 16.8 Å². The lowest BCUT2D eigenvalue weighted by molar-refractivity contribution is 0.101. The third kappa shape index (κ3) is 3.92. The molecule has 1 amide bonds. The van der Waals surface area contributed by atoms with Crippen molar-refractivity contribution < 1.29 is 17.6 Å². The van der Waals surface area contributed by atoms with Crippen LogP contribution in [0.25, 0.3) is 10.9 Å². The fourth-order valence-corrected chi connectivity index (χ4v) is 4.38. The molecule has 0 radical (unpaired) electrons. The van der Waals surface area contributed by atoms with Gasteiger partial charge in [-0.2, -0.15) is 0 Å². The Morgan fingerprint density at radius 3 is 2.56 bits per heavy atom. The second kappa shape index (κ2) is 8.04. The zero-order chi connectivity index (χ0) is 23.0. The summed E-state index contributed by atoms with van der Waals surface area (Å²) in [5.74, 6) is -1.38. The van der Waals surface area contributed by atoms with Crippen LogP contribution >= 0.6 is 0 Å². The van der Waals surface area contributed by atoms with E-state index in [4.69, 9.17) is 0 Å². The summed E-state index contributed by atoms with van der Waals surface area (Å²) in [5.41, 5.74) is 3.28. The van der Waals surface area contributed by atoms with Crippen molar-refractivity contribution >= 4 is 38.3 Å². The van der Waals surface area contributed by atoms with Crippen LogP contribution in [0.4, 0.5) is 15.9 Å². The van der Waals surface area contributed by atoms with Gasteiger partial charge in [0.1, 0.15) is 11.5 Å². The molecule has 8 nitrogen and oxygen atoms in total. The van der Waals surface area contributed by atoms with Crippen LogP contribution in [0.2, 0.25) is 0 Å². The summed E-state index contributed by atoms with van der Waals surface area (Å²) in [5, 5.41) is 3.46. The Morgan fingerprint density at radius 2 is 1.88 bits per heavy atom. The van der Waals surface area contributed by atoms with Crippen LogP contribution in [-0.4, -0.2) is 28.9 Å². The number of aromatic nitrogens is 3. The Balaban J connectivity index is 1.59. The van der Waals surface area contributed by atoms with E-state index in [1.54, 1.807) is 17.7 Å². The molecule has 0 atom stereocenters. The van der Waals surface area contributed by atoms with Crippen LogP contribution in [0.5, 0.6) is 0 Å². The van der Waals surface area contributed by atoms with Gasteiger partial charge >= 0.3 is 0 Å². The number of aryl methyl sites for hydroxylation is 3. The van der Waals surface area contributed by atoms with E-state index in [0.29, 0.717) is 5.69 Å². The number of nitrogens with one attached hydrogen (secondary N) is 2. The summed E-state index contributed by atoms with van der Waals surface area (Å²) in [6.07, 6.45) is 3.95. The quantitative estimate of drug-likeness (QED) is 0.478. The van der Waals surface area contributed by atoms with Crippen LogP contribution in [0.1, 0.15) is 21.6 Å². The average Bonchev–Trinajstić information content (AvgIpc) is 3.10. The summed E-state index contributed by atoms with van der Waals surface area (Å²) >= 11 is 0. The predicted molar refractivity (Wildman–Crippen MR) is 120 cm³/mol. The Morgan fingerprint density at radius 1 is 1.09 bits per heavy atom. The molecule has 0 aliphatic heterocycles. The minimum Gasteiger partial charge on any atom is -0.340 e. The molecule has 32 heavy (non-hydrogen) atoms. The molecule has 2 N–H and O–H groups in total. The number of carbonyl (C=O) groups excluding carboxylic acids is 1. The largest absolute Gasteiger partial charge is 0.340 e. The molecule has 2 aromatic carbocycles. The predicted octanol–water partition coefficient (Wildman–Crippen LogP) is 3.78. The highest BCUT2D eigenvalue weighted by atomic mass is 32.2. The lowest BCUT2D eigenvalue weighted by atomic mass is 10.1. The number of carbonyl (C=O) groups is 1. The molecule has 10 heteroatoms. The molecule has 4 aromatic rings. The van der Waals surface area contributed by atoms with Gasteiger partial charge in [0.15, 0.2) is 5.82 Å². The highest BCUT2D eigenvalue weighted by molar-refractivity contribution is 7.92. The lowest BCUT2D eigenvalue weighted by Crippen LogP contribution is -2.17. The molecule has 164 valence electrons. The van der Waals surface area contributed by atoms with Crippen LogP contribution in [0, 0.1) is 19.7 Å². The van der Waals surface area contributed by atoms with E-state index in [1.165, 1.54) is 30.7 Å². The molecule has 0 aliphatic rings. The highest BCUT2D eigenvalue weighted by Gasteiger charge is 2.20. The Hall–Kier alpha value is -3.79. The summed E-state index contributed by atoms with van der Waals surface area (Å²) in [6.45, 7) is 3.97. The number of hydrogen-bond donors (Lipinski definition) is 2. The SMILES string of the molecule is Cc1ccc2c(cc(C(=O)Nc3ccc(S(=O)(=O)Nc4cnccn4)cc3F)n2C)c1C. The molecule has 0 saturated carbocycles. The zero-order valence-electron chi connectivity index (χ0n) is 17.5. The van der Waals surface area contributed by atoms with Gasteiger partial charge in [-0.25, -0.2) is 17.8 Å². The molecule has 0 fully saturated rings. The molecule has 2 aromatic heterocycles. The smallest absolute Gasteiger partial charge is 0.272 e. The van der Waals surface area contributed by atoms with Crippen molar-refractivity contribution in [2.75, 3.05) is 10.0 Å². The van der Waals surface area contributed by atoms with Crippen molar-refractivity contribution in [3.05, 3.63) is 77.6 Å². The second-order valence-corrected chi connectivity index (χ2v) is 9.00. The Labute approximate surface area is 184 Å². The van der Waals surface area contributed by atoms with Gasteiger partial charge in [-0.1, -0.05) is 6.07 Å². The first-order valence-electron chi connectivity index (χ1n) is 9.63. The van der Waals surface area contributed by atoms with Gasteiger partial charge in [0, 0.05) is 30.3 Å². The molecule has 2 heterocycles. The zero-order valence-corrected chi connectivity index (χ0v) is 18.4. The number of anilines is 2. The van der Waals surface area contributed by atoms with E-state index in [-0.39, 0.29) is 16.4 Å². The first-order chi connectivity index (χ1) is 15.2.